The fraction of sp³-hybridized carbons (Fsp3) is 0.360. The van der Waals surface area contributed by atoms with Crippen molar-refractivity contribution in [3.63, 3.8) is 0 Å². The number of fused-ring (bicyclic) bond motifs is 1. The van der Waals surface area contributed by atoms with Gasteiger partial charge in [0.25, 0.3) is 0 Å². The molecule has 0 atom stereocenters. The van der Waals surface area contributed by atoms with E-state index in [4.69, 9.17) is 16.3 Å². The minimum Gasteiger partial charge on any atom is -0.495 e. The van der Waals surface area contributed by atoms with E-state index in [0.29, 0.717) is 29.4 Å². The van der Waals surface area contributed by atoms with Gasteiger partial charge in [0.2, 0.25) is 5.91 Å². The maximum atomic E-state index is 13.5. The maximum Gasteiger partial charge on any atom is 0.224 e. The Morgan fingerprint density at radius 1 is 1.18 bits per heavy atom. The number of carbonyl (C=O) groups is 1. The summed E-state index contributed by atoms with van der Waals surface area (Å²) in [6.45, 7) is 3.20. The third-order valence-electron chi connectivity index (χ3n) is 5.87. The molecule has 33 heavy (non-hydrogen) atoms. The third kappa shape index (κ3) is 5.92. The van der Waals surface area contributed by atoms with Crippen LogP contribution >= 0.6 is 11.6 Å². The Kier molecular flexibility index (Phi) is 7.62. The first-order chi connectivity index (χ1) is 16.0. The predicted molar refractivity (Wildman–Crippen MR) is 131 cm³/mol. The molecule has 0 saturated carbocycles. The molecule has 4 rings (SSSR count). The fourth-order valence-corrected chi connectivity index (χ4v) is 4.32. The number of aromatic nitrogens is 1. The SMILES string of the molecule is COc1cc2ccnc(Nc3ccc(F)c(Cl)c3)c2cc1NC(=O)CCCN1CCCCC1. The molecule has 0 bridgehead atoms. The van der Waals surface area contributed by atoms with Gasteiger partial charge in [0.05, 0.1) is 17.8 Å². The van der Waals surface area contributed by atoms with Crippen LogP contribution in [0, 0.1) is 5.82 Å². The lowest BCUT2D eigenvalue weighted by Crippen LogP contribution is -2.31. The van der Waals surface area contributed by atoms with E-state index in [0.717, 1.165) is 36.8 Å². The van der Waals surface area contributed by atoms with E-state index in [1.807, 2.05) is 18.2 Å². The van der Waals surface area contributed by atoms with Crippen LogP contribution in [0.2, 0.25) is 5.02 Å². The van der Waals surface area contributed by atoms with Gasteiger partial charge in [-0.15, -0.1) is 0 Å². The molecule has 2 aromatic carbocycles. The van der Waals surface area contributed by atoms with Crippen LogP contribution in [0.1, 0.15) is 32.1 Å². The number of likely N-dealkylation sites (tertiary alicyclic amines) is 1. The summed E-state index contributed by atoms with van der Waals surface area (Å²) in [5.74, 6) is 0.615. The van der Waals surface area contributed by atoms with Crippen LogP contribution < -0.4 is 15.4 Å². The Balaban J connectivity index is 1.50. The molecule has 3 aromatic rings. The van der Waals surface area contributed by atoms with Crippen molar-refractivity contribution in [2.45, 2.75) is 32.1 Å². The molecule has 1 aliphatic rings. The van der Waals surface area contributed by atoms with Gasteiger partial charge in [-0.25, -0.2) is 9.37 Å². The zero-order chi connectivity index (χ0) is 23.2. The van der Waals surface area contributed by atoms with Gasteiger partial charge in [-0.2, -0.15) is 0 Å². The average molecular weight is 471 g/mol. The van der Waals surface area contributed by atoms with Gasteiger partial charge >= 0.3 is 0 Å². The topological polar surface area (TPSA) is 66.5 Å². The van der Waals surface area contributed by atoms with Gasteiger partial charge in [-0.3, -0.25) is 4.79 Å². The maximum absolute atomic E-state index is 13.5. The molecular formula is C25H28ClFN4O2. The average Bonchev–Trinajstić information content (AvgIpc) is 2.82. The number of halogens is 2. The lowest BCUT2D eigenvalue weighted by atomic mass is 10.1. The van der Waals surface area contributed by atoms with E-state index < -0.39 is 5.82 Å². The summed E-state index contributed by atoms with van der Waals surface area (Å²) in [7, 11) is 1.58. The van der Waals surface area contributed by atoms with Gasteiger partial charge in [0.1, 0.15) is 17.4 Å². The van der Waals surface area contributed by atoms with Gasteiger partial charge in [-0.05, 0) is 80.7 Å². The second-order valence-electron chi connectivity index (χ2n) is 8.24. The Morgan fingerprint density at radius 2 is 2.00 bits per heavy atom. The Hall–Kier alpha value is -2.90. The number of rotatable bonds is 8. The summed E-state index contributed by atoms with van der Waals surface area (Å²) < 4.78 is 19.0. The van der Waals surface area contributed by atoms with Crippen molar-refractivity contribution in [1.29, 1.82) is 0 Å². The molecule has 0 unspecified atom stereocenters. The monoisotopic (exact) mass is 470 g/mol. The number of hydrogen-bond donors (Lipinski definition) is 2. The molecule has 1 aliphatic heterocycles. The minimum atomic E-state index is -0.483. The number of hydrogen-bond acceptors (Lipinski definition) is 5. The summed E-state index contributed by atoms with van der Waals surface area (Å²) in [5, 5.41) is 7.88. The van der Waals surface area contributed by atoms with Gasteiger partial charge in [0, 0.05) is 23.7 Å². The molecule has 1 amide bonds. The molecule has 8 heteroatoms. The van der Waals surface area contributed by atoms with Crippen LogP contribution in [-0.4, -0.2) is 42.5 Å². The number of piperidine rings is 1. The van der Waals surface area contributed by atoms with Crippen LogP contribution in [0.25, 0.3) is 10.8 Å². The number of nitrogens with zero attached hydrogens (tertiary/aromatic N) is 2. The van der Waals surface area contributed by atoms with Crippen molar-refractivity contribution in [3.05, 3.63) is 53.4 Å². The number of carbonyl (C=O) groups excluding carboxylic acids is 1. The van der Waals surface area contributed by atoms with Crippen LogP contribution in [-0.2, 0) is 4.79 Å². The lowest BCUT2D eigenvalue weighted by Gasteiger charge is -2.26. The Morgan fingerprint density at radius 3 is 2.76 bits per heavy atom. The fourth-order valence-electron chi connectivity index (χ4n) is 4.14. The van der Waals surface area contributed by atoms with Crippen LogP contribution in [0.3, 0.4) is 0 Å². The van der Waals surface area contributed by atoms with E-state index >= 15 is 0 Å². The lowest BCUT2D eigenvalue weighted by molar-refractivity contribution is -0.116. The van der Waals surface area contributed by atoms with Crippen molar-refractivity contribution in [3.8, 4) is 5.75 Å². The summed E-state index contributed by atoms with van der Waals surface area (Å²) in [4.78, 5) is 19.5. The summed E-state index contributed by atoms with van der Waals surface area (Å²) >= 11 is 5.91. The molecule has 1 saturated heterocycles. The molecule has 6 nitrogen and oxygen atoms in total. The normalized spacial score (nSPS) is 14.3. The Bertz CT molecular complexity index is 1130. The van der Waals surface area contributed by atoms with Gasteiger partial charge in [-0.1, -0.05) is 18.0 Å². The van der Waals surface area contributed by atoms with E-state index in [1.165, 1.54) is 31.4 Å². The van der Waals surface area contributed by atoms with E-state index in [2.05, 4.69) is 20.5 Å². The van der Waals surface area contributed by atoms with Crippen LogP contribution in [0.4, 0.5) is 21.6 Å². The first-order valence-corrected chi connectivity index (χ1v) is 11.6. The standard InChI is InChI=1S/C25H28ClFN4O2/c1-33-23-14-17-9-10-28-25(29-18-7-8-21(27)20(26)15-18)19(17)16-22(23)30-24(32)6-5-13-31-11-3-2-4-12-31/h7-10,14-16H,2-6,11-13H2,1H3,(H,28,29)(H,30,32). The summed E-state index contributed by atoms with van der Waals surface area (Å²) in [6, 6.07) is 9.97. The second-order valence-corrected chi connectivity index (χ2v) is 8.65. The second kappa shape index (κ2) is 10.8. The van der Waals surface area contributed by atoms with Gasteiger partial charge < -0.3 is 20.3 Å². The molecule has 1 fully saturated rings. The highest BCUT2D eigenvalue weighted by Crippen LogP contribution is 2.34. The number of ether oxygens (including phenoxy) is 1. The van der Waals surface area contributed by atoms with Crippen LogP contribution in [0.5, 0.6) is 5.75 Å². The van der Waals surface area contributed by atoms with Crippen LogP contribution in [0.15, 0.2) is 42.6 Å². The van der Waals surface area contributed by atoms with Gasteiger partial charge in [0.15, 0.2) is 0 Å². The van der Waals surface area contributed by atoms with E-state index in [1.54, 1.807) is 19.4 Å². The van der Waals surface area contributed by atoms with Crippen molar-refractivity contribution in [1.82, 2.24) is 9.88 Å². The molecular weight excluding hydrogens is 443 g/mol. The zero-order valence-corrected chi connectivity index (χ0v) is 19.4. The highest BCUT2D eigenvalue weighted by Gasteiger charge is 2.14. The number of nitrogens with one attached hydrogen (secondary N) is 2. The zero-order valence-electron chi connectivity index (χ0n) is 18.7. The van der Waals surface area contributed by atoms with Crippen molar-refractivity contribution < 1.29 is 13.9 Å². The number of methoxy groups -OCH3 is 1. The van der Waals surface area contributed by atoms with Crippen molar-refractivity contribution in [2.75, 3.05) is 37.4 Å². The van der Waals surface area contributed by atoms with Crippen molar-refractivity contribution in [2.24, 2.45) is 0 Å². The number of amides is 1. The summed E-state index contributed by atoms with van der Waals surface area (Å²) in [5.41, 5.74) is 1.20. The summed E-state index contributed by atoms with van der Waals surface area (Å²) in [6.07, 6.45) is 6.74. The molecule has 0 aliphatic carbocycles. The Labute approximate surface area is 198 Å². The number of benzene rings is 2. The first kappa shape index (κ1) is 23.3. The molecule has 2 N–H and O–H groups in total. The molecule has 2 heterocycles. The first-order valence-electron chi connectivity index (χ1n) is 11.2. The third-order valence-corrected chi connectivity index (χ3v) is 6.16. The molecule has 0 spiro atoms. The van der Waals surface area contributed by atoms with Crippen molar-refractivity contribution >= 4 is 45.5 Å². The molecule has 1 aromatic heterocycles. The largest absolute Gasteiger partial charge is 0.495 e. The number of anilines is 3. The molecule has 0 radical (unpaired) electrons. The molecule has 174 valence electrons. The van der Waals surface area contributed by atoms with E-state index in [9.17, 15) is 9.18 Å². The highest BCUT2D eigenvalue weighted by atomic mass is 35.5. The number of pyridine rings is 1. The predicted octanol–water partition coefficient (Wildman–Crippen LogP) is 5.98. The highest BCUT2D eigenvalue weighted by molar-refractivity contribution is 6.31. The minimum absolute atomic E-state index is 0.0272. The van der Waals surface area contributed by atoms with E-state index in [-0.39, 0.29) is 10.9 Å². The quantitative estimate of drug-likeness (QED) is 0.423. The smallest absolute Gasteiger partial charge is 0.224 e.